The fourth-order valence-electron chi connectivity index (χ4n) is 1.85. The number of aromatic carboxylic acids is 1. The second kappa shape index (κ2) is 5.38. The van der Waals surface area contributed by atoms with Crippen molar-refractivity contribution >= 4 is 29.2 Å². The van der Waals surface area contributed by atoms with Crippen LogP contribution in [0.15, 0.2) is 28.7 Å². The van der Waals surface area contributed by atoms with Crippen LogP contribution in [0, 0.1) is 13.8 Å². The maximum Gasteiger partial charge on any atom is 0.337 e. The maximum absolute atomic E-state index is 12.1. The standard InChI is InChI=1S/C14H12ClNO4/c1-7-5-11(8(2)20-7)13(17)16-12-6-9(15)3-4-10(12)14(18)19/h3-6H,1-2H3,(H,16,17)(H,18,19). The Hall–Kier alpha value is -2.27. The molecular weight excluding hydrogens is 282 g/mol. The number of nitrogens with one attached hydrogen (secondary N) is 1. The Bertz CT molecular complexity index is 690. The Labute approximate surface area is 120 Å². The number of aryl methyl sites for hydroxylation is 2. The van der Waals surface area contributed by atoms with Crippen molar-refractivity contribution in [2.45, 2.75) is 13.8 Å². The number of benzene rings is 1. The van der Waals surface area contributed by atoms with Crippen LogP contribution < -0.4 is 5.32 Å². The molecule has 2 aromatic rings. The molecule has 104 valence electrons. The molecule has 0 saturated carbocycles. The number of rotatable bonds is 3. The highest BCUT2D eigenvalue weighted by Gasteiger charge is 2.17. The monoisotopic (exact) mass is 293 g/mol. The van der Waals surface area contributed by atoms with Gasteiger partial charge in [0.05, 0.1) is 16.8 Å². The molecular formula is C14H12ClNO4. The third-order valence-electron chi connectivity index (χ3n) is 2.75. The summed E-state index contributed by atoms with van der Waals surface area (Å²) in [6.45, 7) is 3.39. The molecule has 1 aromatic carbocycles. The lowest BCUT2D eigenvalue weighted by molar-refractivity contribution is 0.0698. The molecule has 0 unspecified atom stereocenters. The Morgan fingerprint density at radius 3 is 2.45 bits per heavy atom. The van der Waals surface area contributed by atoms with Gasteiger partial charge in [0.2, 0.25) is 0 Å². The molecule has 20 heavy (non-hydrogen) atoms. The van der Waals surface area contributed by atoms with Gasteiger partial charge < -0.3 is 14.8 Å². The Kier molecular flexibility index (Phi) is 3.81. The quantitative estimate of drug-likeness (QED) is 0.907. The Morgan fingerprint density at radius 1 is 1.20 bits per heavy atom. The fraction of sp³-hybridized carbons (Fsp3) is 0.143. The molecule has 0 spiro atoms. The molecule has 0 aliphatic heterocycles. The summed E-state index contributed by atoms with van der Waals surface area (Å²) in [5.41, 5.74) is 0.479. The van der Waals surface area contributed by atoms with Crippen LogP contribution >= 0.6 is 11.6 Å². The zero-order chi connectivity index (χ0) is 14.9. The van der Waals surface area contributed by atoms with E-state index in [-0.39, 0.29) is 11.3 Å². The third-order valence-corrected chi connectivity index (χ3v) is 2.98. The van der Waals surface area contributed by atoms with Gasteiger partial charge in [0.15, 0.2) is 0 Å². The van der Waals surface area contributed by atoms with Crippen LogP contribution in [0.1, 0.15) is 32.2 Å². The van der Waals surface area contributed by atoms with E-state index in [0.29, 0.717) is 22.1 Å². The Morgan fingerprint density at radius 2 is 1.90 bits per heavy atom. The van der Waals surface area contributed by atoms with Gasteiger partial charge in [0.25, 0.3) is 5.91 Å². The zero-order valence-corrected chi connectivity index (χ0v) is 11.6. The molecule has 0 saturated heterocycles. The molecule has 0 aliphatic rings. The van der Waals surface area contributed by atoms with Gasteiger partial charge in [-0.2, -0.15) is 0 Å². The summed E-state index contributed by atoms with van der Waals surface area (Å²) in [7, 11) is 0. The maximum atomic E-state index is 12.1. The second-order valence-electron chi connectivity index (χ2n) is 4.28. The van der Waals surface area contributed by atoms with E-state index in [1.54, 1.807) is 19.9 Å². The van der Waals surface area contributed by atoms with Crippen LogP contribution in [0.25, 0.3) is 0 Å². The average Bonchev–Trinajstić information content (AvgIpc) is 2.68. The summed E-state index contributed by atoms with van der Waals surface area (Å²) in [5.74, 6) is -0.503. The number of amides is 1. The van der Waals surface area contributed by atoms with Crippen LogP contribution in [0.3, 0.4) is 0 Å². The topological polar surface area (TPSA) is 79.5 Å². The molecule has 0 radical (unpaired) electrons. The predicted octanol–water partition coefficient (Wildman–Crippen LogP) is 3.50. The van der Waals surface area contributed by atoms with Crippen LogP contribution in [0.4, 0.5) is 5.69 Å². The van der Waals surface area contributed by atoms with E-state index < -0.39 is 11.9 Å². The molecule has 2 N–H and O–H groups in total. The van der Waals surface area contributed by atoms with E-state index in [1.807, 2.05) is 0 Å². The number of carbonyl (C=O) groups is 2. The summed E-state index contributed by atoms with van der Waals surface area (Å²) >= 11 is 5.82. The zero-order valence-electron chi connectivity index (χ0n) is 10.9. The van der Waals surface area contributed by atoms with E-state index in [9.17, 15) is 9.59 Å². The summed E-state index contributed by atoms with van der Waals surface area (Å²) in [6.07, 6.45) is 0. The van der Waals surface area contributed by atoms with Crippen molar-refractivity contribution in [2.75, 3.05) is 5.32 Å². The van der Waals surface area contributed by atoms with Gasteiger partial charge in [-0.1, -0.05) is 11.6 Å². The summed E-state index contributed by atoms with van der Waals surface area (Å²) in [4.78, 5) is 23.2. The molecule has 2 rings (SSSR count). The normalized spacial score (nSPS) is 10.3. The molecule has 1 heterocycles. The number of anilines is 1. The minimum Gasteiger partial charge on any atom is -0.478 e. The first-order chi connectivity index (χ1) is 9.38. The van der Waals surface area contributed by atoms with Gasteiger partial charge in [-0.15, -0.1) is 0 Å². The lowest BCUT2D eigenvalue weighted by Gasteiger charge is -2.08. The number of furan rings is 1. The Balaban J connectivity index is 2.34. The van der Waals surface area contributed by atoms with Gasteiger partial charge >= 0.3 is 5.97 Å². The van der Waals surface area contributed by atoms with Gasteiger partial charge in [0.1, 0.15) is 11.5 Å². The van der Waals surface area contributed by atoms with Gasteiger partial charge in [-0.05, 0) is 38.1 Å². The van der Waals surface area contributed by atoms with Gasteiger partial charge in [-0.25, -0.2) is 4.79 Å². The number of hydrogen-bond donors (Lipinski definition) is 2. The first-order valence-corrected chi connectivity index (χ1v) is 6.17. The van der Waals surface area contributed by atoms with Crippen molar-refractivity contribution in [3.8, 4) is 0 Å². The molecule has 0 bridgehead atoms. The molecule has 6 heteroatoms. The average molecular weight is 294 g/mol. The van der Waals surface area contributed by atoms with Crippen LogP contribution in [-0.2, 0) is 0 Å². The van der Waals surface area contributed by atoms with Crippen molar-refractivity contribution in [1.29, 1.82) is 0 Å². The molecule has 0 atom stereocenters. The summed E-state index contributed by atoms with van der Waals surface area (Å²) < 4.78 is 5.27. The van der Waals surface area contributed by atoms with E-state index in [0.717, 1.165) is 0 Å². The number of carbonyl (C=O) groups excluding carboxylic acids is 1. The minimum atomic E-state index is -1.14. The molecule has 1 amide bonds. The number of carboxylic acids is 1. The smallest absolute Gasteiger partial charge is 0.337 e. The number of halogens is 1. The first kappa shape index (κ1) is 14.1. The van der Waals surface area contributed by atoms with Gasteiger partial charge in [0, 0.05) is 5.02 Å². The lowest BCUT2D eigenvalue weighted by atomic mass is 10.1. The largest absolute Gasteiger partial charge is 0.478 e. The highest BCUT2D eigenvalue weighted by molar-refractivity contribution is 6.31. The fourth-order valence-corrected chi connectivity index (χ4v) is 2.02. The van der Waals surface area contributed by atoms with E-state index in [1.165, 1.54) is 18.2 Å². The van der Waals surface area contributed by atoms with Crippen molar-refractivity contribution in [1.82, 2.24) is 0 Å². The summed E-state index contributed by atoms with van der Waals surface area (Å²) in [6, 6.07) is 5.78. The number of hydrogen-bond acceptors (Lipinski definition) is 3. The van der Waals surface area contributed by atoms with Crippen LogP contribution in [0.5, 0.6) is 0 Å². The van der Waals surface area contributed by atoms with Crippen molar-refractivity contribution in [3.05, 3.63) is 51.9 Å². The molecule has 1 aromatic heterocycles. The molecule has 0 aliphatic carbocycles. The van der Waals surface area contributed by atoms with Crippen LogP contribution in [0.2, 0.25) is 5.02 Å². The second-order valence-corrected chi connectivity index (χ2v) is 4.71. The third kappa shape index (κ3) is 2.83. The van der Waals surface area contributed by atoms with Crippen LogP contribution in [-0.4, -0.2) is 17.0 Å². The van der Waals surface area contributed by atoms with Crippen molar-refractivity contribution in [2.24, 2.45) is 0 Å². The number of carboxylic acid groups (broad SMARTS) is 1. The molecule has 0 fully saturated rings. The highest BCUT2D eigenvalue weighted by Crippen LogP contribution is 2.23. The van der Waals surface area contributed by atoms with Crippen molar-refractivity contribution in [3.63, 3.8) is 0 Å². The lowest BCUT2D eigenvalue weighted by Crippen LogP contribution is -2.15. The van der Waals surface area contributed by atoms with E-state index >= 15 is 0 Å². The SMILES string of the molecule is Cc1cc(C(=O)Nc2cc(Cl)ccc2C(=O)O)c(C)o1. The summed E-state index contributed by atoms with van der Waals surface area (Å²) in [5, 5.41) is 12.0. The first-order valence-electron chi connectivity index (χ1n) is 5.79. The minimum absolute atomic E-state index is 0.0272. The predicted molar refractivity (Wildman–Crippen MR) is 74.5 cm³/mol. The highest BCUT2D eigenvalue weighted by atomic mass is 35.5. The van der Waals surface area contributed by atoms with E-state index in [4.69, 9.17) is 21.1 Å². The molecule has 5 nitrogen and oxygen atoms in total. The van der Waals surface area contributed by atoms with Crippen molar-refractivity contribution < 1.29 is 19.1 Å². The van der Waals surface area contributed by atoms with E-state index in [2.05, 4.69) is 5.32 Å². The van der Waals surface area contributed by atoms with Gasteiger partial charge in [-0.3, -0.25) is 4.79 Å².